The van der Waals surface area contributed by atoms with Crippen molar-refractivity contribution in [2.45, 2.75) is 51.2 Å². The molecule has 0 aromatic carbocycles. The van der Waals surface area contributed by atoms with Gasteiger partial charge < -0.3 is 9.47 Å². The highest BCUT2D eigenvalue weighted by Gasteiger charge is 2.65. The Hall–Kier alpha value is -0.570. The zero-order chi connectivity index (χ0) is 11.3. The van der Waals surface area contributed by atoms with Gasteiger partial charge in [-0.3, -0.25) is 4.79 Å². The van der Waals surface area contributed by atoms with Crippen molar-refractivity contribution in [3.05, 3.63) is 0 Å². The normalized spacial score (nSPS) is 50.1. The van der Waals surface area contributed by atoms with Gasteiger partial charge in [0.25, 0.3) is 0 Å². The van der Waals surface area contributed by atoms with Gasteiger partial charge in [-0.25, -0.2) is 0 Å². The lowest BCUT2D eigenvalue weighted by atomic mass is 9.61. The molecule has 2 aliphatic carbocycles. The van der Waals surface area contributed by atoms with Gasteiger partial charge in [-0.15, -0.1) is 0 Å². The van der Waals surface area contributed by atoms with Crippen LogP contribution < -0.4 is 0 Å². The maximum Gasteiger partial charge on any atom is 0.311 e. The predicted molar refractivity (Wildman–Crippen MR) is 58.8 cm³/mol. The molecule has 0 amide bonds. The number of ether oxygens (including phenoxy) is 2. The summed E-state index contributed by atoms with van der Waals surface area (Å²) in [5.41, 5.74) is 0.330. The molecule has 0 bridgehead atoms. The minimum absolute atomic E-state index is 0.000278. The van der Waals surface area contributed by atoms with Crippen LogP contribution in [0.15, 0.2) is 0 Å². The topological polar surface area (TPSA) is 35.5 Å². The summed E-state index contributed by atoms with van der Waals surface area (Å²) in [6, 6.07) is 0. The maximum atomic E-state index is 11.7. The van der Waals surface area contributed by atoms with E-state index in [0.717, 1.165) is 18.8 Å². The molecule has 2 saturated carbocycles. The summed E-state index contributed by atoms with van der Waals surface area (Å²) >= 11 is 0. The van der Waals surface area contributed by atoms with Gasteiger partial charge in [0, 0.05) is 5.41 Å². The van der Waals surface area contributed by atoms with E-state index in [1.54, 1.807) is 0 Å². The molecule has 3 nitrogen and oxygen atoms in total. The quantitative estimate of drug-likeness (QED) is 0.640. The van der Waals surface area contributed by atoms with E-state index in [4.69, 9.17) is 9.47 Å². The molecule has 5 atom stereocenters. The van der Waals surface area contributed by atoms with E-state index in [9.17, 15) is 4.79 Å². The third-order valence-corrected chi connectivity index (χ3v) is 4.89. The minimum Gasteiger partial charge on any atom is -0.469 e. The van der Waals surface area contributed by atoms with Gasteiger partial charge in [0.05, 0.1) is 25.2 Å². The van der Waals surface area contributed by atoms with E-state index in [1.807, 2.05) is 0 Å². The Morgan fingerprint density at radius 3 is 3.00 bits per heavy atom. The number of methoxy groups -OCH3 is 1. The van der Waals surface area contributed by atoms with Crippen LogP contribution >= 0.6 is 0 Å². The predicted octanol–water partition coefficient (Wildman–Crippen LogP) is 2.14. The molecule has 90 valence electrons. The molecule has 2 unspecified atom stereocenters. The number of rotatable bonds is 1. The lowest BCUT2D eigenvalue weighted by Crippen LogP contribution is -2.62. The smallest absolute Gasteiger partial charge is 0.311 e. The van der Waals surface area contributed by atoms with Crippen LogP contribution in [0.1, 0.15) is 39.0 Å². The average molecular weight is 224 g/mol. The van der Waals surface area contributed by atoms with Crippen molar-refractivity contribution in [2.24, 2.45) is 17.3 Å². The summed E-state index contributed by atoms with van der Waals surface area (Å²) < 4.78 is 10.9. The Morgan fingerprint density at radius 2 is 2.31 bits per heavy atom. The highest BCUT2D eigenvalue weighted by Crippen LogP contribution is 2.62. The molecule has 1 heterocycles. The highest BCUT2D eigenvalue weighted by molar-refractivity contribution is 5.73. The first kappa shape index (κ1) is 10.6. The van der Waals surface area contributed by atoms with Crippen LogP contribution in [-0.4, -0.2) is 25.3 Å². The molecular formula is C13H20O3. The summed E-state index contributed by atoms with van der Waals surface area (Å²) in [6.45, 7) is 2.30. The molecule has 0 aromatic rings. The fourth-order valence-corrected chi connectivity index (χ4v) is 4.29. The van der Waals surface area contributed by atoms with Crippen LogP contribution in [0.2, 0.25) is 0 Å². The number of hydrogen-bond donors (Lipinski definition) is 0. The molecule has 16 heavy (non-hydrogen) atoms. The summed E-state index contributed by atoms with van der Waals surface area (Å²) in [6.07, 6.45) is 6.37. The summed E-state index contributed by atoms with van der Waals surface area (Å²) in [5.74, 6) is 0.689. The first-order chi connectivity index (χ1) is 7.67. The molecule has 0 radical (unpaired) electrons. The Labute approximate surface area is 96.5 Å². The van der Waals surface area contributed by atoms with E-state index in [-0.39, 0.29) is 18.0 Å². The van der Waals surface area contributed by atoms with E-state index in [2.05, 4.69) is 6.92 Å². The molecular weight excluding hydrogens is 204 g/mol. The van der Waals surface area contributed by atoms with Gasteiger partial charge in [-0.2, -0.15) is 0 Å². The largest absolute Gasteiger partial charge is 0.469 e. The van der Waals surface area contributed by atoms with E-state index in [0.29, 0.717) is 11.5 Å². The van der Waals surface area contributed by atoms with E-state index in [1.165, 1.54) is 26.4 Å². The summed E-state index contributed by atoms with van der Waals surface area (Å²) in [7, 11) is 1.48. The Bertz CT molecular complexity index is 314. The van der Waals surface area contributed by atoms with Gasteiger partial charge in [0.15, 0.2) is 0 Å². The molecule has 0 aromatic heterocycles. The standard InChI is InChI=1S/C13H20O3/c1-8-6-10-13(7-8)5-3-4-9(11(13)16-10)12(14)15-2/h8-11H,3-7H2,1-2H3/t8-,9?,10+,11?,13+/m1/s1. The molecule has 3 heteroatoms. The Balaban J connectivity index is 1.81. The van der Waals surface area contributed by atoms with Crippen molar-refractivity contribution in [1.29, 1.82) is 0 Å². The third-order valence-electron chi connectivity index (χ3n) is 4.89. The third kappa shape index (κ3) is 1.21. The van der Waals surface area contributed by atoms with Crippen molar-refractivity contribution in [1.82, 2.24) is 0 Å². The fraction of sp³-hybridized carbons (Fsp3) is 0.923. The SMILES string of the molecule is COC(=O)C1CCC[C@]23C[C@H](C)C[C@@H]2OC13. The summed E-state index contributed by atoms with van der Waals surface area (Å²) in [5, 5.41) is 0. The maximum absolute atomic E-state index is 11.7. The number of carbonyl (C=O) groups excluding carboxylic acids is 1. The van der Waals surface area contributed by atoms with E-state index >= 15 is 0 Å². The molecule has 0 N–H and O–H groups in total. The second kappa shape index (κ2) is 3.46. The molecule has 1 spiro atoms. The van der Waals surface area contributed by atoms with Crippen molar-refractivity contribution in [2.75, 3.05) is 7.11 Å². The first-order valence-electron chi connectivity index (χ1n) is 6.40. The number of carbonyl (C=O) groups is 1. The van der Waals surface area contributed by atoms with Gasteiger partial charge in [-0.1, -0.05) is 13.3 Å². The lowest BCUT2D eigenvalue weighted by molar-refractivity contribution is -0.271. The molecule has 1 saturated heterocycles. The zero-order valence-corrected chi connectivity index (χ0v) is 10.1. The van der Waals surface area contributed by atoms with Crippen LogP contribution in [-0.2, 0) is 14.3 Å². The average Bonchev–Trinajstić information content (AvgIpc) is 2.48. The van der Waals surface area contributed by atoms with Crippen LogP contribution in [0, 0.1) is 17.3 Å². The highest BCUT2D eigenvalue weighted by atomic mass is 16.5. The van der Waals surface area contributed by atoms with E-state index < -0.39 is 0 Å². The minimum atomic E-state index is -0.0675. The van der Waals surface area contributed by atoms with Gasteiger partial charge in [-0.05, 0) is 31.6 Å². The van der Waals surface area contributed by atoms with Crippen LogP contribution in [0.4, 0.5) is 0 Å². The fourth-order valence-electron chi connectivity index (χ4n) is 4.29. The summed E-state index contributed by atoms with van der Waals surface area (Å²) in [4.78, 5) is 11.7. The van der Waals surface area contributed by atoms with Crippen LogP contribution in [0.3, 0.4) is 0 Å². The first-order valence-corrected chi connectivity index (χ1v) is 6.40. The molecule has 1 aliphatic heterocycles. The van der Waals surface area contributed by atoms with Crippen LogP contribution in [0.25, 0.3) is 0 Å². The van der Waals surface area contributed by atoms with Gasteiger partial charge in [0.1, 0.15) is 0 Å². The van der Waals surface area contributed by atoms with Gasteiger partial charge in [0.2, 0.25) is 0 Å². The number of esters is 1. The van der Waals surface area contributed by atoms with Crippen molar-refractivity contribution < 1.29 is 14.3 Å². The monoisotopic (exact) mass is 224 g/mol. The van der Waals surface area contributed by atoms with Crippen LogP contribution in [0.5, 0.6) is 0 Å². The van der Waals surface area contributed by atoms with Crippen molar-refractivity contribution in [3.63, 3.8) is 0 Å². The van der Waals surface area contributed by atoms with Crippen molar-refractivity contribution in [3.8, 4) is 0 Å². The number of hydrogen-bond acceptors (Lipinski definition) is 3. The molecule has 3 fully saturated rings. The Kier molecular flexibility index (Phi) is 2.29. The van der Waals surface area contributed by atoms with Crippen molar-refractivity contribution >= 4 is 5.97 Å². The zero-order valence-electron chi connectivity index (χ0n) is 10.1. The molecule has 3 rings (SSSR count). The lowest BCUT2D eigenvalue weighted by Gasteiger charge is -2.57. The molecule has 3 aliphatic rings. The van der Waals surface area contributed by atoms with Gasteiger partial charge >= 0.3 is 5.97 Å². The second-order valence-corrected chi connectivity index (χ2v) is 5.85. The second-order valence-electron chi connectivity index (χ2n) is 5.85. The Morgan fingerprint density at radius 1 is 1.50 bits per heavy atom.